The van der Waals surface area contributed by atoms with Gasteiger partial charge in [-0.25, -0.2) is 0 Å². The third-order valence-corrected chi connectivity index (χ3v) is 4.04. The van der Waals surface area contributed by atoms with Gasteiger partial charge in [-0.2, -0.15) is 0 Å². The van der Waals surface area contributed by atoms with Crippen molar-refractivity contribution in [1.82, 2.24) is 0 Å². The standard InChI is InChI=1S/C14H11.2ClH.Ti/c1-2-6-11(5-1)14-9-12-7-3-4-8-13(12)10-14;;;/h1-5,7-10H,6H2;2*1H;/q;;;+2/p-2. The molecule has 0 aromatic heterocycles. The first-order valence-electron chi connectivity index (χ1n) is 5.24. The summed E-state index contributed by atoms with van der Waals surface area (Å²) in [7, 11) is 0. The Bertz CT molecular complexity index is 501. The summed E-state index contributed by atoms with van der Waals surface area (Å²) in [6, 6.07) is 8.70. The van der Waals surface area contributed by atoms with E-state index in [1.165, 1.54) is 22.3 Å². The zero-order valence-electron chi connectivity index (χ0n) is 9.16. The van der Waals surface area contributed by atoms with Gasteiger partial charge in [0.1, 0.15) is 0 Å². The van der Waals surface area contributed by atoms with Gasteiger partial charge < -0.3 is 24.8 Å². The number of benzene rings is 1. The Kier molecular flexibility index (Phi) is 5.28. The van der Waals surface area contributed by atoms with Crippen molar-refractivity contribution in [2.45, 2.75) is 10.6 Å². The van der Waals surface area contributed by atoms with Crippen LogP contribution in [-0.4, -0.2) is 0 Å². The Labute approximate surface area is 126 Å². The minimum atomic E-state index is 0. The van der Waals surface area contributed by atoms with Crippen LogP contribution in [0.15, 0.2) is 53.6 Å². The Balaban J connectivity index is 0.000000722. The van der Waals surface area contributed by atoms with E-state index < -0.39 is 0 Å². The van der Waals surface area contributed by atoms with Crippen LogP contribution >= 0.6 is 0 Å². The van der Waals surface area contributed by atoms with Crippen LogP contribution in [0.3, 0.4) is 0 Å². The van der Waals surface area contributed by atoms with E-state index in [0.717, 1.165) is 6.42 Å². The molecule has 85 valence electrons. The monoisotopic (exact) mass is 297 g/mol. The van der Waals surface area contributed by atoms with Crippen molar-refractivity contribution in [2.24, 2.45) is 0 Å². The van der Waals surface area contributed by atoms with Gasteiger partial charge in [-0.3, -0.25) is 0 Å². The Morgan fingerprint density at radius 1 is 1.12 bits per heavy atom. The van der Waals surface area contributed by atoms with Crippen molar-refractivity contribution in [2.75, 3.05) is 0 Å². The van der Waals surface area contributed by atoms with Gasteiger partial charge in [-0.15, -0.1) is 0 Å². The molecule has 2 aliphatic carbocycles. The predicted molar refractivity (Wildman–Crippen MR) is 59.0 cm³/mol. The first kappa shape index (κ1) is 14.8. The topological polar surface area (TPSA) is 0 Å². The summed E-state index contributed by atoms with van der Waals surface area (Å²) in [5.74, 6) is 0. The van der Waals surface area contributed by atoms with E-state index in [9.17, 15) is 0 Å². The van der Waals surface area contributed by atoms with Crippen molar-refractivity contribution in [3.63, 3.8) is 0 Å². The van der Waals surface area contributed by atoms with Gasteiger partial charge in [0, 0.05) is 0 Å². The fourth-order valence-corrected chi connectivity index (χ4v) is 3.09. The molecule has 0 nitrogen and oxygen atoms in total. The molecule has 17 heavy (non-hydrogen) atoms. The molecule has 0 amide bonds. The maximum atomic E-state index is 2.35. The molecular formula is C14H11Cl2Ti. The van der Waals surface area contributed by atoms with Crippen molar-refractivity contribution in [1.29, 1.82) is 0 Å². The van der Waals surface area contributed by atoms with Gasteiger partial charge >= 0.3 is 102 Å². The summed E-state index contributed by atoms with van der Waals surface area (Å²) in [6.07, 6.45) is 10.1. The average Bonchev–Trinajstić information content (AvgIpc) is 2.87. The Morgan fingerprint density at radius 3 is 2.53 bits per heavy atom. The Morgan fingerprint density at radius 2 is 1.88 bits per heavy atom. The van der Waals surface area contributed by atoms with Crippen LogP contribution in [-0.2, 0) is 20.4 Å². The molecule has 2 aliphatic rings. The van der Waals surface area contributed by atoms with Gasteiger partial charge in [-0.1, -0.05) is 0 Å². The number of halogens is 2. The van der Waals surface area contributed by atoms with Crippen LogP contribution in [0.2, 0.25) is 0 Å². The van der Waals surface area contributed by atoms with Crippen LogP contribution in [0.4, 0.5) is 0 Å². The second kappa shape index (κ2) is 6.06. The normalized spacial score (nSPS) is 20.0. The second-order valence-electron chi connectivity index (χ2n) is 3.99. The fourth-order valence-electron chi connectivity index (χ4n) is 2.26. The molecule has 0 heterocycles. The first-order chi connectivity index (χ1) is 7.36. The molecule has 1 atom stereocenters. The van der Waals surface area contributed by atoms with E-state index in [1.54, 1.807) is 0 Å². The molecule has 3 heteroatoms. The van der Waals surface area contributed by atoms with Gasteiger partial charge in [0.15, 0.2) is 0 Å². The molecule has 0 bridgehead atoms. The van der Waals surface area contributed by atoms with E-state index in [1.807, 2.05) is 0 Å². The van der Waals surface area contributed by atoms with E-state index >= 15 is 0 Å². The molecular weight excluding hydrogens is 287 g/mol. The van der Waals surface area contributed by atoms with Crippen LogP contribution in [0, 0.1) is 0 Å². The van der Waals surface area contributed by atoms with Crippen LogP contribution < -0.4 is 24.8 Å². The molecule has 3 rings (SSSR count). The molecule has 1 aromatic carbocycles. The van der Waals surface area contributed by atoms with E-state index in [0.29, 0.717) is 4.22 Å². The summed E-state index contributed by atoms with van der Waals surface area (Å²) in [5, 5.41) is 0. The molecule has 0 aliphatic heterocycles. The van der Waals surface area contributed by atoms with E-state index in [2.05, 4.69) is 69.0 Å². The number of rotatable bonds is 1. The zero-order chi connectivity index (χ0) is 10.3. The maximum absolute atomic E-state index is 2.35. The molecule has 0 saturated heterocycles. The summed E-state index contributed by atoms with van der Waals surface area (Å²) < 4.78 is 0.562. The van der Waals surface area contributed by atoms with E-state index in [4.69, 9.17) is 0 Å². The summed E-state index contributed by atoms with van der Waals surface area (Å²) in [4.78, 5) is 0. The third kappa shape index (κ3) is 2.61. The number of fused-ring (bicyclic) bond motifs is 1. The molecule has 0 fully saturated rings. The molecule has 0 spiro atoms. The summed E-state index contributed by atoms with van der Waals surface area (Å²) >= 11 is 2.30. The average molecular weight is 298 g/mol. The van der Waals surface area contributed by atoms with Crippen LogP contribution in [0.1, 0.15) is 21.8 Å². The van der Waals surface area contributed by atoms with E-state index in [-0.39, 0.29) is 24.8 Å². The molecule has 1 unspecified atom stereocenters. The van der Waals surface area contributed by atoms with Crippen molar-refractivity contribution in [3.8, 4) is 0 Å². The van der Waals surface area contributed by atoms with Crippen LogP contribution in [0.5, 0.6) is 0 Å². The first-order valence-corrected chi connectivity index (χ1v) is 6.14. The quantitative estimate of drug-likeness (QED) is 0.506. The number of hydrogen-bond acceptors (Lipinski definition) is 0. The van der Waals surface area contributed by atoms with Crippen molar-refractivity contribution < 1.29 is 45.2 Å². The van der Waals surface area contributed by atoms with Gasteiger partial charge in [0.25, 0.3) is 0 Å². The molecule has 1 aromatic rings. The molecule has 0 radical (unpaired) electrons. The van der Waals surface area contributed by atoms with Gasteiger partial charge in [0.2, 0.25) is 0 Å². The van der Waals surface area contributed by atoms with Gasteiger partial charge in [0.05, 0.1) is 0 Å². The Hall–Kier alpha value is -0.266. The summed E-state index contributed by atoms with van der Waals surface area (Å²) in [6.45, 7) is 0. The van der Waals surface area contributed by atoms with Crippen molar-refractivity contribution >= 4 is 6.08 Å². The fraction of sp³-hybridized carbons (Fsp3) is 0.143. The summed E-state index contributed by atoms with van der Waals surface area (Å²) in [5.41, 5.74) is 5.85. The van der Waals surface area contributed by atoms with Crippen molar-refractivity contribution in [3.05, 3.63) is 64.8 Å². The van der Waals surface area contributed by atoms with Gasteiger partial charge in [-0.05, 0) is 0 Å². The zero-order valence-corrected chi connectivity index (χ0v) is 12.2. The number of hydrogen-bond donors (Lipinski definition) is 0. The molecule has 0 saturated carbocycles. The molecule has 0 N–H and O–H groups in total. The minimum absolute atomic E-state index is 0. The predicted octanol–water partition coefficient (Wildman–Crippen LogP) is -2.43. The second-order valence-corrected chi connectivity index (χ2v) is 4.89. The number of allylic oxidation sites excluding steroid dienone is 5. The SMILES string of the molecule is [Cl-].[Cl-].[Ti+2][CH]1C(C2=CC=CC2)=Cc2ccccc21. The third-order valence-electron chi connectivity index (χ3n) is 3.07. The van der Waals surface area contributed by atoms with Crippen LogP contribution in [0.25, 0.3) is 6.08 Å².